The Balaban J connectivity index is 0.000000696. The van der Waals surface area contributed by atoms with Crippen LogP contribution in [-0.2, 0) is 0 Å². The number of unbranched alkanes of at least 4 members (excludes halogenated alkanes) is 2. The first-order chi connectivity index (χ1) is 16.0. The van der Waals surface area contributed by atoms with E-state index in [4.69, 9.17) is 9.73 Å². The summed E-state index contributed by atoms with van der Waals surface area (Å²) < 4.78 is 5.89. The number of hydrogen-bond acceptors (Lipinski definition) is 4. The zero-order valence-electron chi connectivity index (χ0n) is 21.0. The fourth-order valence-corrected chi connectivity index (χ4v) is 3.40. The van der Waals surface area contributed by atoms with Crippen molar-refractivity contribution in [3.63, 3.8) is 0 Å². The predicted octanol–water partition coefficient (Wildman–Crippen LogP) is 7.56. The molecular formula is C29H41N3O. The maximum atomic E-state index is 5.89. The maximum absolute atomic E-state index is 5.89. The van der Waals surface area contributed by atoms with Crippen LogP contribution in [0, 0.1) is 5.92 Å². The monoisotopic (exact) mass is 447 g/mol. The van der Waals surface area contributed by atoms with E-state index in [1.54, 1.807) is 0 Å². The van der Waals surface area contributed by atoms with E-state index < -0.39 is 0 Å². The molecule has 1 aliphatic heterocycles. The Bertz CT molecular complexity index is 915. The molecule has 1 heterocycles. The lowest BCUT2D eigenvalue weighted by molar-refractivity contribution is 0.299. The van der Waals surface area contributed by atoms with Gasteiger partial charge in [-0.15, -0.1) is 0 Å². The number of para-hydroxylation sites is 2. The lowest BCUT2D eigenvalue weighted by atomic mass is 9.99. The average Bonchev–Trinajstić information content (AvgIpc) is 2.83. The number of benzene rings is 2. The Morgan fingerprint density at radius 2 is 1.76 bits per heavy atom. The lowest BCUT2D eigenvalue weighted by Crippen LogP contribution is -2.36. The van der Waals surface area contributed by atoms with E-state index in [-0.39, 0.29) is 6.17 Å². The van der Waals surface area contributed by atoms with E-state index in [0.29, 0.717) is 12.5 Å². The third-order valence-corrected chi connectivity index (χ3v) is 5.72. The third kappa shape index (κ3) is 8.80. The smallest absolute Gasteiger partial charge is 0.155 e. The zero-order valence-corrected chi connectivity index (χ0v) is 21.0. The van der Waals surface area contributed by atoms with Crippen LogP contribution in [0.25, 0.3) is 0 Å². The van der Waals surface area contributed by atoms with Crippen LogP contribution in [0.3, 0.4) is 0 Å². The molecule has 2 aromatic carbocycles. The van der Waals surface area contributed by atoms with Gasteiger partial charge in [0, 0.05) is 16.9 Å². The minimum atomic E-state index is -0.176. The van der Waals surface area contributed by atoms with Crippen LogP contribution in [-0.4, -0.2) is 18.6 Å². The molecule has 178 valence electrons. The number of amidine groups is 1. The van der Waals surface area contributed by atoms with Gasteiger partial charge >= 0.3 is 0 Å². The lowest BCUT2D eigenvalue weighted by Gasteiger charge is -2.26. The Hall–Kier alpha value is -3.01. The summed E-state index contributed by atoms with van der Waals surface area (Å²) in [6.45, 7) is 15.6. The molecule has 0 saturated carbocycles. The van der Waals surface area contributed by atoms with E-state index >= 15 is 0 Å². The molecule has 2 aromatic rings. The summed E-state index contributed by atoms with van der Waals surface area (Å²) in [5.74, 6) is 2.19. The summed E-state index contributed by atoms with van der Waals surface area (Å²) in [6.07, 6.45) is 7.12. The van der Waals surface area contributed by atoms with Gasteiger partial charge < -0.3 is 15.4 Å². The molecule has 3 rings (SSSR count). The molecule has 4 nitrogen and oxygen atoms in total. The second-order valence-electron chi connectivity index (χ2n) is 8.51. The molecule has 1 aliphatic rings. The second kappa shape index (κ2) is 14.2. The minimum absolute atomic E-state index is 0.176. The van der Waals surface area contributed by atoms with Gasteiger partial charge in [-0.05, 0) is 49.6 Å². The molecule has 0 spiro atoms. The van der Waals surface area contributed by atoms with Crippen LogP contribution >= 0.6 is 0 Å². The first kappa shape index (κ1) is 26.2. The number of rotatable bonds is 9. The Morgan fingerprint density at radius 3 is 2.39 bits per heavy atom. The van der Waals surface area contributed by atoms with Gasteiger partial charge in [-0.25, -0.2) is 4.99 Å². The number of nitrogens with zero attached hydrogens (tertiary/aromatic N) is 1. The Labute approximate surface area is 200 Å². The van der Waals surface area contributed by atoms with Gasteiger partial charge in [-0.2, -0.15) is 0 Å². The summed E-state index contributed by atoms with van der Waals surface area (Å²) >= 11 is 0. The van der Waals surface area contributed by atoms with E-state index in [0.717, 1.165) is 35.0 Å². The van der Waals surface area contributed by atoms with Gasteiger partial charge in [0.25, 0.3) is 0 Å². The molecule has 0 radical (unpaired) electrons. The zero-order chi connectivity index (χ0) is 24.1. The highest BCUT2D eigenvalue weighted by Crippen LogP contribution is 2.23. The van der Waals surface area contributed by atoms with Crippen LogP contribution in [0.5, 0.6) is 5.75 Å². The highest BCUT2D eigenvalue weighted by atomic mass is 16.5. The van der Waals surface area contributed by atoms with Crippen molar-refractivity contribution >= 4 is 11.5 Å². The number of hydrogen-bond donors (Lipinski definition) is 2. The first-order valence-electron chi connectivity index (χ1n) is 12.2. The van der Waals surface area contributed by atoms with Crippen LogP contribution in [0.4, 0.5) is 5.69 Å². The molecule has 4 heteroatoms. The van der Waals surface area contributed by atoms with E-state index in [1.807, 2.05) is 42.5 Å². The molecule has 33 heavy (non-hydrogen) atoms. The standard InChI is InChI=1S/C24H29N3O.C5H12/c1-5-17(2)18(3)15-19(4)25-24-21-13-9-10-14-22(21)26-23(27-24)16-28-20-11-7-6-8-12-20;1-3-5-4-2/h6-15,17,23,26H,4-5,16H2,1-3H3,(H,25,27);3-5H2,1-2H3/b18-15+;. The van der Waals surface area contributed by atoms with Crippen molar-refractivity contribution < 1.29 is 4.74 Å². The topological polar surface area (TPSA) is 45.7 Å². The Kier molecular flexibility index (Phi) is 11.3. The van der Waals surface area contributed by atoms with Gasteiger partial charge in [-0.1, -0.05) is 89.4 Å². The second-order valence-corrected chi connectivity index (χ2v) is 8.51. The number of fused-ring (bicyclic) bond motifs is 1. The normalized spacial score (nSPS) is 15.7. The number of nitrogens with one attached hydrogen (secondary N) is 2. The summed E-state index contributed by atoms with van der Waals surface area (Å²) in [4.78, 5) is 4.83. The summed E-state index contributed by atoms with van der Waals surface area (Å²) in [5.41, 5.74) is 4.23. The molecule has 2 unspecified atom stereocenters. The van der Waals surface area contributed by atoms with Crippen LogP contribution in [0.2, 0.25) is 0 Å². The maximum Gasteiger partial charge on any atom is 0.155 e. The van der Waals surface area contributed by atoms with E-state index in [9.17, 15) is 0 Å². The number of aliphatic imine (C=N–C) groups is 1. The van der Waals surface area contributed by atoms with Gasteiger partial charge in [0.15, 0.2) is 6.17 Å². The highest BCUT2D eigenvalue weighted by molar-refractivity contribution is 6.05. The van der Waals surface area contributed by atoms with Crippen molar-refractivity contribution in [3.8, 4) is 5.75 Å². The molecule has 0 aliphatic carbocycles. The van der Waals surface area contributed by atoms with Crippen molar-refractivity contribution in [2.24, 2.45) is 10.9 Å². The minimum Gasteiger partial charge on any atom is -0.489 e. The van der Waals surface area contributed by atoms with Gasteiger partial charge in [0.05, 0.1) is 0 Å². The number of ether oxygens (including phenoxy) is 1. The fraction of sp³-hybridized carbons (Fsp3) is 0.414. The molecule has 0 saturated heterocycles. The van der Waals surface area contributed by atoms with Crippen molar-refractivity contribution in [2.75, 3.05) is 11.9 Å². The van der Waals surface area contributed by atoms with E-state index in [2.05, 4.69) is 70.0 Å². The molecule has 0 bridgehead atoms. The van der Waals surface area contributed by atoms with Crippen LogP contribution < -0.4 is 15.4 Å². The van der Waals surface area contributed by atoms with Crippen LogP contribution in [0.15, 0.2) is 83.5 Å². The number of allylic oxidation sites excluding steroid dienone is 2. The third-order valence-electron chi connectivity index (χ3n) is 5.72. The van der Waals surface area contributed by atoms with Gasteiger partial charge in [0.1, 0.15) is 18.2 Å². The molecule has 0 fully saturated rings. The van der Waals surface area contributed by atoms with Gasteiger partial charge in [0.2, 0.25) is 0 Å². The first-order valence-corrected chi connectivity index (χ1v) is 12.2. The average molecular weight is 448 g/mol. The predicted molar refractivity (Wildman–Crippen MR) is 143 cm³/mol. The SMILES string of the molecule is C=C(/C=C(\C)C(C)CC)NC1=NC(COc2ccccc2)Nc2ccccc21.CCCCC. The quantitative estimate of drug-likeness (QED) is 0.390. The molecular weight excluding hydrogens is 406 g/mol. The van der Waals surface area contributed by atoms with Crippen LogP contribution in [0.1, 0.15) is 65.9 Å². The number of anilines is 1. The van der Waals surface area contributed by atoms with Crippen molar-refractivity contribution in [3.05, 3.63) is 84.1 Å². The molecule has 2 N–H and O–H groups in total. The van der Waals surface area contributed by atoms with Crippen molar-refractivity contribution in [1.82, 2.24) is 5.32 Å². The van der Waals surface area contributed by atoms with E-state index in [1.165, 1.54) is 24.8 Å². The molecule has 2 atom stereocenters. The largest absolute Gasteiger partial charge is 0.489 e. The molecule has 0 aromatic heterocycles. The summed E-state index contributed by atoms with van der Waals surface area (Å²) in [7, 11) is 0. The fourth-order valence-electron chi connectivity index (χ4n) is 3.40. The molecule has 0 amide bonds. The highest BCUT2D eigenvalue weighted by Gasteiger charge is 2.20. The van der Waals surface area contributed by atoms with Crippen molar-refractivity contribution in [1.29, 1.82) is 0 Å². The summed E-state index contributed by atoms with van der Waals surface area (Å²) in [6, 6.07) is 17.9. The van der Waals surface area contributed by atoms with Gasteiger partial charge in [-0.3, -0.25) is 0 Å². The van der Waals surface area contributed by atoms with Crippen molar-refractivity contribution in [2.45, 2.75) is 66.5 Å². The Morgan fingerprint density at radius 1 is 1.09 bits per heavy atom. The summed E-state index contributed by atoms with van der Waals surface area (Å²) in [5, 5.41) is 6.84.